The zero-order chi connectivity index (χ0) is 9.10. The van der Waals surface area contributed by atoms with Gasteiger partial charge in [-0.15, -0.1) is 0 Å². The predicted molar refractivity (Wildman–Crippen MR) is 50.5 cm³/mol. The van der Waals surface area contributed by atoms with E-state index >= 15 is 0 Å². The van der Waals surface area contributed by atoms with Crippen molar-refractivity contribution in [3.8, 4) is 5.75 Å². The van der Waals surface area contributed by atoms with Gasteiger partial charge in [-0.05, 0) is 30.5 Å². The molecule has 1 fully saturated rings. The van der Waals surface area contributed by atoms with Gasteiger partial charge in [0.15, 0.2) is 0 Å². The molecule has 0 spiro atoms. The Bertz CT molecular complexity index is 262. The minimum atomic E-state index is 0.405. The Kier molecular flexibility index (Phi) is 2.50. The zero-order valence-electron chi connectivity index (χ0n) is 7.69. The quantitative estimate of drug-likeness (QED) is 0.701. The molecule has 69 valence electrons. The van der Waals surface area contributed by atoms with Crippen molar-refractivity contribution in [2.45, 2.75) is 19.1 Å². The Morgan fingerprint density at radius 2 is 2.00 bits per heavy atom. The monoisotopic (exact) mass is 177 g/mol. The molecule has 0 amide bonds. The van der Waals surface area contributed by atoms with Gasteiger partial charge in [-0.1, -0.05) is 12.1 Å². The maximum Gasteiger partial charge on any atom is 0.118 e. The van der Waals surface area contributed by atoms with E-state index in [2.05, 4.69) is 6.42 Å². The van der Waals surface area contributed by atoms with Crippen LogP contribution in [0.15, 0.2) is 24.3 Å². The van der Waals surface area contributed by atoms with Crippen LogP contribution in [0.25, 0.3) is 0 Å². The topological polar surface area (TPSA) is 18.5 Å². The van der Waals surface area contributed by atoms with Crippen molar-refractivity contribution in [2.24, 2.45) is 0 Å². The third kappa shape index (κ3) is 2.46. The van der Waals surface area contributed by atoms with E-state index in [0.717, 1.165) is 12.2 Å². The number of benzene rings is 1. The SMILES string of the molecule is COc1ccc(COC2[CH]C2)cc1. The van der Waals surface area contributed by atoms with Gasteiger partial charge in [-0.3, -0.25) is 0 Å². The van der Waals surface area contributed by atoms with Crippen LogP contribution in [0.1, 0.15) is 12.0 Å². The standard InChI is InChI=1S/C11H13O2/c1-12-10-4-2-9(3-5-10)8-13-11-6-7-11/h2-6,11H,7-8H2,1H3. The molecular weight excluding hydrogens is 164 g/mol. The molecule has 2 nitrogen and oxygen atoms in total. The molecule has 0 heterocycles. The second kappa shape index (κ2) is 3.79. The molecule has 0 aliphatic heterocycles. The van der Waals surface area contributed by atoms with Crippen LogP contribution >= 0.6 is 0 Å². The van der Waals surface area contributed by atoms with E-state index in [-0.39, 0.29) is 0 Å². The van der Waals surface area contributed by atoms with Crippen LogP contribution in [0.3, 0.4) is 0 Å². The van der Waals surface area contributed by atoms with Gasteiger partial charge in [-0.25, -0.2) is 0 Å². The maximum absolute atomic E-state index is 5.52. The summed E-state index contributed by atoms with van der Waals surface area (Å²) in [6.45, 7) is 0.700. The van der Waals surface area contributed by atoms with Crippen molar-refractivity contribution in [1.29, 1.82) is 0 Å². The third-order valence-corrected chi connectivity index (χ3v) is 2.05. The maximum atomic E-state index is 5.52. The predicted octanol–water partition coefficient (Wildman–Crippen LogP) is 2.19. The molecular formula is C11H13O2. The highest BCUT2D eigenvalue weighted by Crippen LogP contribution is 2.23. The number of ether oxygens (including phenoxy) is 2. The van der Waals surface area contributed by atoms with E-state index in [1.807, 2.05) is 24.3 Å². The van der Waals surface area contributed by atoms with E-state index in [0.29, 0.717) is 12.7 Å². The normalized spacial score (nSPS) is 15.8. The lowest BCUT2D eigenvalue weighted by Crippen LogP contribution is -1.94. The van der Waals surface area contributed by atoms with Crippen molar-refractivity contribution >= 4 is 0 Å². The summed E-state index contributed by atoms with van der Waals surface area (Å²) >= 11 is 0. The van der Waals surface area contributed by atoms with Gasteiger partial charge >= 0.3 is 0 Å². The summed E-state index contributed by atoms with van der Waals surface area (Å²) in [6.07, 6.45) is 3.67. The van der Waals surface area contributed by atoms with Gasteiger partial charge < -0.3 is 9.47 Å². The average molecular weight is 177 g/mol. The van der Waals surface area contributed by atoms with Gasteiger partial charge in [0.05, 0.1) is 19.8 Å². The van der Waals surface area contributed by atoms with Crippen LogP contribution in [-0.2, 0) is 11.3 Å². The highest BCUT2D eigenvalue weighted by Gasteiger charge is 2.22. The number of methoxy groups -OCH3 is 1. The molecule has 0 aromatic heterocycles. The molecule has 0 saturated heterocycles. The van der Waals surface area contributed by atoms with Crippen LogP contribution in [0, 0.1) is 6.42 Å². The lowest BCUT2D eigenvalue weighted by atomic mass is 10.2. The summed E-state index contributed by atoms with van der Waals surface area (Å²) in [5.41, 5.74) is 1.20. The molecule has 1 unspecified atom stereocenters. The Hall–Kier alpha value is -1.02. The van der Waals surface area contributed by atoms with Crippen molar-refractivity contribution in [2.75, 3.05) is 7.11 Å². The molecule has 1 saturated carbocycles. The molecule has 1 aromatic rings. The molecule has 0 N–H and O–H groups in total. The molecule has 1 aromatic carbocycles. The van der Waals surface area contributed by atoms with Gasteiger partial charge in [0.2, 0.25) is 0 Å². The van der Waals surface area contributed by atoms with Crippen molar-refractivity contribution in [3.63, 3.8) is 0 Å². The van der Waals surface area contributed by atoms with Crippen LogP contribution in [0.2, 0.25) is 0 Å². The van der Waals surface area contributed by atoms with Gasteiger partial charge in [0.25, 0.3) is 0 Å². The minimum absolute atomic E-state index is 0.405. The first-order valence-electron chi connectivity index (χ1n) is 4.46. The summed E-state index contributed by atoms with van der Waals surface area (Å²) in [4.78, 5) is 0. The number of hydrogen-bond donors (Lipinski definition) is 0. The number of rotatable bonds is 4. The van der Waals surface area contributed by atoms with Gasteiger partial charge in [0.1, 0.15) is 5.75 Å². The second-order valence-corrected chi connectivity index (χ2v) is 3.17. The Labute approximate surface area is 78.5 Å². The lowest BCUT2D eigenvalue weighted by Gasteiger charge is -2.03. The Balaban J connectivity index is 1.88. The Morgan fingerprint density at radius 1 is 1.31 bits per heavy atom. The first kappa shape index (κ1) is 8.57. The van der Waals surface area contributed by atoms with E-state index < -0.39 is 0 Å². The fraction of sp³-hybridized carbons (Fsp3) is 0.364. The second-order valence-electron chi connectivity index (χ2n) is 3.17. The fourth-order valence-electron chi connectivity index (χ4n) is 1.12. The summed E-state index contributed by atoms with van der Waals surface area (Å²) in [6, 6.07) is 7.97. The summed E-state index contributed by atoms with van der Waals surface area (Å²) in [7, 11) is 1.67. The molecule has 2 heteroatoms. The van der Waals surface area contributed by atoms with Crippen LogP contribution in [0.4, 0.5) is 0 Å². The molecule has 0 bridgehead atoms. The van der Waals surface area contributed by atoms with Crippen molar-refractivity contribution in [3.05, 3.63) is 36.2 Å². The molecule has 1 aliphatic rings. The van der Waals surface area contributed by atoms with E-state index in [1.165, 1.54) is 5.56 Å². The first-order valence-corrected chi connectivity index (χ1v) is 4.46. The highest BCUT2D eigenvalue weighted by molar-refractivity contribution is 5.26. The van der Waals surface area contributed by atoms with E-state index in [9.17, 15) is 0 Å². The molecule has 13 heavy (non-hydrogen) atoms. The lowest BCUT2D eigenvalue weighted by molar-refractivity contribution is 0.113. The van der Waals surface area contributed by atoms with Crippen molar-refractivity contribution < 1.29 is 9.47 Å². The molecule has 2 rings (SSSR count). The smallest absolute Gasteiger partial charge is 0.118 e. The molecule has 1 atom stereocenters. The van der Waals surface area contributed by atoms with Crippen LogP contribution in [0.5, 0.6) is 5.75 Å². The van der Waals surface area contributed by atoms with Crippen molar-refractivity contribution in [1.82, 2.24) is 0 Å². The fourth-order valence-corrected chi connectivity index (χ4v) is 1.12. The van der Waals surface area contributed by atoms with Crippen LogP contribution < -0.4 is 4.74 Å². The summed E-state index contributed by atoms with van der Waals surface area (Å²) in [5, 5.41) is 0. The zero-order valence-corrected chi connectivity index (χ0v) is 7.69. The third-order valence-electron chi connectivity index (χ3n) is 2.05. The average Bonchev–Trinajstić information content (AvgIpc) is 2.99. The van der Waals surface area contributed by atoms with E-state index in [1.54, 1.807) is 7.11 Å². The molecule has 1 aliphatic carbocycles. The van der Waals surface area contributed by atoms with Gasteiger partial charge in [0, 0.05) is 0 Å². The highest BCUT2D eigenvalue weighted by atomic mass is 16.5. The van der Waals surface area contributed by atoms with Gasteiger partial charge in [-0.2, -0.15) is 0 Å². The molecule has 1 radical (unpaired) electrons. The van der Waals surface area contributed by atoms with Crippen LogP contribution in [-0.4, -0.2) is 13.2 Å². The summed E-state index contributed by atoms with van der Waals surface area (Å²) in [5.74, 6) is 0.890. The van der Waals surface area contributed by atoms with E-state index in [4.69, 9.17) is 9.47 Å². The Morgan fingerprint density at radius 3 is 2.54 bits per heavy atom. The first-order chi connectivity index (χ1) is 6.38. The minimum Gasteiger partial charge on any atom is -0.497 e. The largest absolute Gasteiger partial charge is 0.497 e. The number of hydrogen-bond acceptors (Lipinski definition) is 2. The summed E-state index contributed by atoms with van der Waals surface area (Å²) < 4.78 is 10.6.